The highest BCUT2D eigenvalue weighted by atomic mass is 16.7. The summed E-state index contributed by atoms with van der Waals surface area (Å²) < 4.78 is 12.2. The molecule has 5 nitrogen and oxygen atoms in total. The molecule has 3 rings (SSSR count). The van der Waals surface area contributed by atoms with Crippen molar-refractivity contribution in [1.29, 1.82) is 0 Å². The number of carbonyl (C=O) groups excluding carboxylic acids is 1. The molecule has 1 aromatic rings. The summed E-state index contributed by atoms with van der Waals surface area (Å²) in [5.74, 6) is 0. The van der Waals surface area contributed by atoms with Crippen LogP contribution in [0.15, 0.2) is 24.3 Å². The molecule has 0 aliphatic carbocycles. The number of nitrogens with zero attached hydrogens (tertiary/aromatic N) is 2. The Bertz CT molecular complexity index is 583. The van der Waals surface area contributed by atoms with Crippen LogP contribution in [-0.2, 0) is 20.6 Å². The van der Waals surface area contributed by atoms with Crippen LogP contribution >= 0.6 is 0 Å². The summed E-state index contributed by atoms with van der Waals surface area (Å²) in [6.45, 7) is 13.0. The van der Waals surface area contributed by atoms with Gasteiger partial charge in [0.2, 0.25) is 0 Å². The fraction of sp³-hybridized carbons (Fsp3) is 0.611. The smallest absolute Gasteiger partial charge is 0.399 e. The van der Waals surface area contributed by atoms with Gasteiger partial charge in [0.1, 0.15) is 0 Å². The molecule has 0 saturated carbocycles. The van der Waals surface area contributed by atoms with E-state index in [4.69, 9.17) is 9.31 Å². The highest BCUT2D eigenvalue weighted by Crippen LogP contribution is 2.36. The van der Waals surface area contributed by atoms with Gasteiger partial charge in [0.05, 0.1) is 17.4 Å². The first kappa shape index (κ1) is 18.6. The Hall–Kier alpha value is -1.14. The van der Waals surface area contributed by atoms with E-state index in [2.05, 4.69) is 61.7 Å². The fourth-order valence-corrected chi connectivity index (χ4v) is 3.17. The highest BCUT2D eigenvalue weighted by molar-refractivity contribution is 6.64. The Kier molecular flexibility index (Phi) is 5.39. The Morgan fingerprint density at radius 1 is 1.04 bits per heavy atom. The van der Waals surface area contributed by atoms with Crippen molar-refractivity contribution in [2.45, 2.75) is 45.4 Å². The molecule has 2 aliphatic rings. The molecule has 0 atom stereocenters. The van der Waals surface area contributed by atoms with E-state index in [1.54, 1.807) is 7.41 Å². The van der Waals surface area contributed by atoms with E-state index in [1.807, 2.05) is 0 Å². The summed E-state index contributed by atoms with van der Waals surface area (Å²) in [4.78, 5) is 15.0. The molecular formula is C18H27B2N2O3. The maximum absolute atomic E-state index is 10.5. The molecule has 2 aliphatic heterocycles. The lowest BCUT2D eigenvalue weighted by Gasteiger charge is -2.33. The summed E-state index contributed by atoms with van der Waals surface area (Å²) in [7, 11) is 1.33. The van der Waals surface area contributed by atoms with Gasteiger partial charge in [0.15, 0.2) is 0 Å². The number of rotatable bonds is 5. The normalized spacial score (nSPS) is 23.6. The van der Waals surface area contributed by atoms with E-state index in [-0.39, 0.29) is 18.3 Å². The van der Waals surface area contributed by atoms with E-state index >= 15 is 0 Å². The first-order chi connectivity index (χ1) is 11.8. The van der Waals surface area contributed by atoms with Crippen LogP contribution in [0.2, 0.25) is 0 Å². The van der Waals surface area contributed by atoms with Crippen molar-refractivity contribution >= 4 is 26.2 Å². The molecule has 0 spiro atoms. The average molecular weight is 341 g/mol. The van der Waals surface area contributed by atoms with Crippen molar-refractivity contribution in [2.24, 2.45) is 0 Å². The molecule has 0 N–H and O–H groups in total. The van der Waals surface area contributed by atoms with Crippen molar-refractivity contribution < 1.29 is 14.1 Å². The second-order valence-corrected chi connectivity index (χ2v) is 7.93. The molecule has 0 unspecified atom stereocenters. The van der Waals surface area contributed by atoms with Crippen molar-refractivity contribution in [1.82, 2.24) is 9.71 Å². The van der Waals surface area contributed by atoms with Crippen LogP contribution in [0.3, 0.4) is 0 Å². The largest absolute Gasteiger partial charge is 0.494 e. The zero-order chi connectivity index (χ0) is 18.1. The van der Waals surface area contributed by atoms with E-state index in [1.165, 1.54) is 5.56 Å². The second kappa shape index (κ2) is 7.23. The first-order valence-electron chi connectivity index (χ1n) is 9.00. The number of benzene rings is 1. The van der Waals surface area contributed by atoms with Crippen LogP contribution < -0.4 is 5.46 Å². The van der Waals surface area contributed by atoms with Crippen molar-refractivity contribution in [3.05, 3.63) is 29.8 Å². The van der Waals surface area contributed by atoms with Gasteiger partial charge in [-0.25, -0.2) is 0 Å². The van der Waals surface area contributed by atoms with E-state index < -0.39 is 0 Å². The lowest BCUT2D eigenvalue weighted by atomic mass is 9.79. The SMILES string of the molecule is CC1(C)OB(c2ccc(CN3CCN([B]C=O)CC3)cc2)OC1(C)C. The Balaban J connectivity index is 1.56. The van der Waals surface area contributed by atoms with E-state index in [0.29, 0.717) is 0 Å². The van der Waals surface area contributed by atoms with Gasteiger partial charge in [0, 0.05) is 32.7 Å². The number of hydrogen-bond donors (Lipinski definition) is 0. The molecule has 0 bridgehead atoms. The molecule has 0 aromatic heterocycles. The average Bonchev–Trinajstić information content (AvgIpc) is 2.78. The molecule has 1 aromatic carbocycles. The Labute approximate surface area is 152 Å². The third kappa shape index (κ3) is 4.17. The summed E-state index contributed by atoms with van der Waals surface area (Å²) in [6.07, 6.45) is 0.865. The van der Waals surface area contributed by atoms with Gasteiger partial charge in [-0.2, -0.15) is 0 Å². The highest BCUT2D eigenvalue weighted by Gasteiger charge is 2.51. The zero-order valence-corrected chi connectivity index (χ0v) is 15.7. The Morgan fingerprint density at radius 2 is 1.60 bits per heavy atom. The number of hydrogen-bond acceptors (Lipinski definition) is 5. The summed E-state index contributed by atoms with van der Waals surface area (Å²) in [5.41, 5.74) is 1.73. The van der Waals surface area contributed by atoms with E-state index in [9.17, 15) is 4.79 Å². The molecule has 7 heteroatoms. The maximum Gasteiger partial charge on any atom is 0.494 e. The fourth-order valence-electron chi connectivity index (χ4n) is 3.17. The molecule has 25 heavy (non-hydrogen) atoms. The van der Waals surface area contributed by atoms with Gasteiger partial charge in [0.25, 0.3) is 7.41 Å². The van der Waals surface area contributed by atoms with E-state index in [0.717, 1.165) is 44.4 Å². The predicted molar refractivity (Wildman–Crippen MR) is 102 cm³/mol. The van der Waals surface area contributed by atoms with Gasteiger partial charge < -0.3 is 18.9 Å². The molecule has 2 saturated heterocycles. The van der Waals surface area contributed by atoms with Crippen LogP contribution in [0.4, 0.5) is 0 Å². The molecule has 2 fully saturated rings. The van der Waals surface area contributed by atoms with Gasteiger partial charge in [-0.15, -0.1) is 0 Å². The molecule has 2 heterocycles. The third-order valence-electron chi connectivity index (χ3n) is 5.59. The van der Waals surface area contributed by atoms with Crippen LogP contribution in [0, 0.1) is 0 Å². The summed E-state index contributed by atoms with van der Waals surface area (Å²) >= 11 is 0. The van der Waals surface area contributed by atoms with Crippen LogP contribution in [0.5, 0.6) is 0 Å². The van der Waals surface area contributed by atoms with Gasteiger partial charge in [-0.05, 0) is 38.7 Å². The first-order valence-corrected chi connectivity index (χ1v) is 9.00. The molecular weight excluding hydrogens is 314 g/mol. The zero-order valence-electron chi connectivity index (χ0n) is 15.7. The van der Waals surface area contributed by atoms with Crippen molar-refractivity contribution in [2.75, 3.05) is 26.2 Å². The van der Waals surface area contributed by atoms with Gasteiger partial charge >= 0.3 is 7.12 Å². The van der Waals surface area contributed by atoms with Gasteiger partial charge in [-0.1, -0.05) is 24.3 Å². The quantitative estimate of drug-likeness (QED) is 0.589. The number of piperazine rings is 1. The van der Waals surface area contributed by atoms with Crippen molar-refractivity contribution in [3.8, 4) is 0 Å². The standard InChI is InChI=1S/C18H27B2N2O3/c1-17(2)18(3,4)25-20(24-17)16-7-5-15(6-8-16)13-21-9-11-22(12-10-21)19-14-23/h5-8,14H,9-13H2,1-4H3. The topological polar surface area (TPSA) is 42.0 Å². The minimum absolute atomic E-state index is 0.304. The minimum Gasteiger partial charge on any atom is -0.399 e. The number of carbonyl (C=O) groups is 1. The summed E-state index contributed by atoms with van der Waals surface area (Å²) in [5, 5.41) is 0. The minimum atomic E-state index is -0.311. The van der Waals surface area contributed by atoms with Crippen LogP contribution in [0.1, 0.15) is 33.3 Å². The maximum atomic E-state index is 10.5. The van der Waals surface area contributed by atoms with Crippen LogP contribution in [0.25, 0.3) is 0 Å². The second-order valence-electron chi connectivity index (χ2n) is 7.93. The predicted octanol–water partition coefficient (Wildman–Crippen LogP) is 0.913. The molecule has 0 amide bonds. The van der Waals surface area contributed by atoms with Crippen LogP contribution in [-0.4, -0.2) is 67.8 Å². The van der Waals surface area contributed by atoms with Gasteiger partial charge in [-0.3, -0.25) is 4.90 Å². The third-order valence-corrected chi connectivity index (χ3v) is 5.59. The molecule has 1 radical (unpaired) electrons. The monoisotopic (exact) mass is 341 g/mol. The summed E-state index contributed by atoms with van der Waals surface area (Å²) in [6, 6.07) is 8.52. The molecule has 133 valence electrons. The lowest BCUT2D eigenvalue weighted by Crippen LogP contribution is -2.47. The lowest BCUT2D eigenvalue weighted by molar-refractivity contribution is 0.00578. The van der Waals surface area contributed by atoms with Crippen molar-refractivity contribution in [3.63, 3.8) is 0 Å². The Morgan fingerprint density at radius 3 is 2.12 bits per heavy atom.